The molecule has 1 aromatic rings. The molecule has 1 aliphatic heterocycles. The zero-order valence-corrected chi connectivity index (χ0v) is 12.3. The first-order valence-electron chi connectivity index (χ1n) is 6.89. The molecule has 0 bridgehead atoms. The summed E-state index contributed by atoms with van der Waals surface area (Å²) < 4.78 is 5.48. The molecule has 0 aromatic carbocycles. The van der Waals surface area contributed by atoms with Gasteiger partial charge in [0.25, 0.3) is 0 Å². The lowest BCUT2D eigenvalue weighted by atomic mass is 10.2. The van der Waals surface area contributed by atoms with Crippen LogP contribution in [-0.2, 0) is 4.74 Å². The Morgan fingerprint density at radius 2 is 2.25 bits per heavy atom. The number of nitrogen functional groups attached to an aromatic ring is 1. The van der Waals surface area contributed by atoms with Crippen molar-refractivity contribution in [1.82, 2.24) is 9.97 Å². The molecule has 2 rings (SSSR count). The topological polar surface area (TPSA) is 96.5 Å². The smallest absolute Gasteiger partial charge is 0.148 e. The molecule has 112 valence electrons. The summed E-state index contributed by atoms with van der Waals surface area (Å²) in [5.41, 5.74) is 3.55. The molecule has 0 spiro atoms. The number of ether oxygens (including phenoxy) is 1. The molecule has 1 unspecified atom stereocenters. The minimum atomic E-state index is -0.171. The van der Waals surface area contributed by atoms with Crippen molar-refractivity contribution in [3.63, 3.8) is 0 Å². The number of hydrazine groups is 1. The fraction of sp³-hybridized carbons (Fsp3) is 0.692. The van der Waals surface area contributed by atoms with Crippen LogP contribution in [0.15, 0.2) is 0 Å². The zero-order valence-electron chi connectivity index (χ0n) is 12.3. The van der Waals surface area contributed by atoms with E-state index in [1.165, 1.54) is 0 Å². The molecule has 0 amide bonds. The van der Waals surface area contributed by atoms with Crippen LogP contribution in [0.2, 0.25) is 0 Å². The van der Waals surface area contributed by atoms with Gasteiger partial charge in [-0.05, 0) is 6.92 Å². The van der Waals surface area contributed by atoms with E-state index in [0.717, 1.165) is 23.8 Å². The standard InChI is InChI=1S/C13H23N5O2/c1-8(2)11-15-12(17-14)9(3)13(16-11)18-4-5-20-10(6-18)7-19/h8,10,19H,4-7,14H2,1-3H3,(H,15,16,17). The number of aromatic nitrogens is 2. The van der Waals surface area contributed by atoms with Crippen molar-refractivity contribution in [3.05, 3.63) is 11.4 Å². The summed E-state index contributed by atoms with van der Waals surface area (Å²) in [5.74, 6) is 8.03. The average molecular weight is 281 g/mol. The number of morpholine rings is 1. The van der Waals surface area contributed by atoms with E-state index in [-0.39, 0.29) is 18.6 Å². The molecule has 1 fully saturated rings. The van der Waals surface area contributed by atoms with Gasteiger partial charge in [-0.1, -0.05) is 13.8 Å². The second-order valence-corrected chi connectivity index (χ2v) is 5.30. The van der Waals surface area contributed by atoms with Crippen molar-refractivity contribution >= 4 is 11.6 Å². The molecule has 20 heavy (non-hydrogen) atoms. The van der Waals surface area contributed by atoms with Crippen LogP contribution in [-0.4, -0.2) is 47.5 Å². The molecule has 1 atom stereocenters. The lowest BCUT2D eigenvalue weighted by molar-refractivity contribution is 0.00332. The van der Waals surface area contributed by atoms with Gasteiger partial charge in [0.1, 0.15) is 17.5 Å². The van der Waals surface area contributed by atoms with Crippen molar-refractivity contribution in [1.29, 1.82) is 0 Å². The van der Waals surface area contributed by atoms with Crippen molar-refractivity contribution in [3.8, 4) is 0 Å². The van der Waals surface area contributed by atoms with E-state index < -0.39 is 0 Å². The van der Waals surface area contributed by atoms with Crippen LogP contribution >= 0.6 is 0 Å². The summed E-state index contributed by atoms with van der Waals surface area (Å²) in [6.07, 6.45) is -0.171. The van der Waals surface area contributed by atoms with E-state index in [2.05, 4.69) is 20.3 Å². The van der Waals surface area contributed by atoms with Crippen LogP contribution in [0.25, 0.3) is 0 Å². The highest BCUT2D eigenvalue weighted by Crippen LogP contribution is 2.26. The molecule has 7 heteroatoms. The minimum absolute atomic E-state index is 0.0136. The van der Waals surface area contributed by atoms with Gasteiger partial charge in [0.05, 0.1) is 19.3 Å². The van der Waals surface area contributed by atoms with Gasteiger partial charge in [0.15, 0.2) is 0 Å². The van der Waals surface area contributed by atoms with E-state index in [1.54, 1.807) is 0 Å². The van der Waals surface area contributed by atoms with Crippen LogP contribution in [0.1, 0.15) is 31.2 Å². The Morgan fingerprint density at radius 1 is 1.50 bits per heavy atom. The quantitative estimate of drug-likeness (QED) is 0.542. The summed E-state index contributed by atoms with van der Waals surface area (Å²) >= 11 is 0. The lowest BCUT2D eigenvalue weighted by Crippen LogP contribution is -2.45. The molecule has 1 aliphatic rings. The molecular weight excluding hydrogens is 258 g/mol. The van der Waals surface area contributed by atoms with Crippen LogP contribution in [0, 0.1) is 6.92 Å². The second kappa shape index (κ2) is 6.34. The first-order chi connectivity index (χ1) is 9.56. The number of nitrogens with two attached hydrogens (primary N) is 1. The number of nitrogens with zero attached hydrogens (tertiary/aromatic N) is 3. The third kappa shape index (κ3) is 3.00. The van der Waals surface area contributed by atoms with Crippen LogP contribution in [0.5, 0.6) is 0 Å². The van der Waals surface area contributed by atoms with Crippen molar-refractivity contribution < 1.29 is 9.84 Å². The van der Waals surface area contributed by atoms with E-state index >= 15 is 0 Å². The molecule has 1 saturated heterocycles. The lowest BCUT2D eigenvalue weighted by Gasteiger charge is -2.34. The minimum Gasteiger partial charge on any atom is -0.394 e. The van der Waals surface area contributed by atoms with Crippen molar-refractivity contribution in [2.24, 2.45) is 5.84 Å². The Morgan fingerprint density at radius 3 is 2.85 bits per heavy atom. The highest BCUT2D eigenvalue weighted by atomic mass is 16.5. The van der Waals surface area contributed by atoms with Gasteiger partial charge in [-0.3, -0.25) is 0 Å². The third-order valence-corrected chi connectivity index (χ3v) is 3.43. The Labute approximate surface area is 119 Å². The zero-order chi connectivity index (χ0) is 14.7. The highest BCUT2D eigenvalue weighted by Gasteiger charge is 2.24. The van der Waals surface area contributed by atoms with Gasteiger partial charge < -0.3 is 20.2 Å². The average Bonchev–Trinajstić information content (AvgIpc) is 2.47. The molecule has 0 aliphatic carbocycles. The summed E-state index contributed by atoms with van der Waals surface area (Å²) in [7, 11) is 0. The number of hydrogen-bond acceptors (Lipinski definition) is 7. The summed E-state index contributed by atoms with van der Waals surface area (Å²) in [6.45, 7) is 8.00. The summed E-state index contributed by atoms with van der Waals surface area (Å²) in [4.78, 5) is 11.2. The number of aliphatic hydroxyl groups is 1. The molecule has 1 aromatic heterocycles. The van der Waals surface area contributed by atoms with Crippen LogP contribution in [0.4, 0.5) is 11.6 Å². The fourth-order valence-electron chi connectivity index (χ4n) is 2.25. The first kappa shape index (κ1) is 15.0. The number of aliphatic hydroxyl groups excluding tert-OH is 1. The van der Waals surface area contributed by atoms with Crippen molar-refractivity contribution in [2.75, 3.05) is 36.6 Å². The van der Waals surface area contributed by atoms with E-state index in [0.29, 0.717) is 19.0 Å². The molecule has 7 nitrogen and oxygen atoms in total. The summed E-state index contributed by atoms with van der Waals surface area (Å²) in [5, 5.41) is 9.25. The largest absolute Gasteiger partial charge is 0.394 e. The maximum atomic E-state index is 9.25. The van der Waals surface area contributed by atoms with Gasteiger partial charge in [0, 0.05) is 24.6 Å². The Hall–Kier alpha value is -1.44. The Kier molecular flexibility index (Phi) is 4.74. The fourth-order valence-corrected chi connectivity index (χ4v) is 2.25. The maximum Gasteiger partial charge on any atom is 0.148 e. The molecule has 2 heterocycles. The number of nitrogens with one attached hydrogen (secondary N) is 1. The predicted octanol–water partition coefficient (Wildman–Crippen LogP) is 0.392. The predicted molar refractivity (Wildman–Crippen MR) is 77.7 cm³/mol. The van der Waals surface area contributed by atoms with Gasteiger partial charge in [-0.25, -0.2) is 15.8 Å². The summed E-state index contributed by atoms with van der Waals surface area (Å²) in [6, 6.07) is 0. The van der Waals surface area contributed by atoms with E-state index in [9.17, 15) is 5.11 Å². The number of hydrogen-bond donors (Lipinski definition) is 3. The molecule has 0 saturated carbocycles. The first-order valence-corrected chi connectivity index (χ1v) is 6.89. The van der Waals surface area contributed by atoms with E-state index in [1.807, 2.05) is 20.8 Å². The third-order valence-electron chi connectivity index (χ3n) is 3.43. The van der Waals surface area contributed by atoms with Gasteiger partial charge >= 0.3 is 0 Å². The van der Waals surface area contributed by atoms with Crippen LogP contribution in [0.3, 0.4) is 0 Å². The number of anilines is 2. The van der Waals surface area contributed by atoms with Gasteiger partial charge in [-0.15, -0.1) is 0 Å². The second-order valence-electron chi connectivity index (χ2n) is 5.30. The molecular formula is C13H23N5O2. The number of rotatable bonds is 4. The normalized spacial score (nSPS) is 19.5. The maximum absolute atomic E-state index is 9.25. The highest BCUT2D eigenvalue weighted by molar-refractivity contribution is 5.58. The molecule has 4 N–H and O–H groups in total. The van der Waals surface area contributed by atoms with E-state index in [4.69, 9.17) is 10.6 Å². The van der Waals surface area contributed by atoms with Gasteiger partial charge in [0.2, 0.25) is 0 Å². The van der Waals surface area contributed by atoms with Gasteiger partial charge in [-0.2, -0.15) is 0 Å². The Balaban J connectivity index is 2.36. The monoisotopic (exact) mass is 281 g/mol. The van der Waals surface area contributed by atoms with Crippen molar-refractivity contribution in [2.45, 2.75) is 32.8 Å². The van der Waals surface area contributed by atoms with Crippen LogP contribution < -0.4 is 16.2 Å². The molecule has 0 radical (unpaired) electrons. The SMILES string of the molecule is Cc1c(NN)nc(C(C)C)nc1N1CCOC(CO)C1. The Bertz CT molecular complexity index is 466.